The van der Waals surface area contributed by atoms with E-state index in [2.05, 4.69) is 0 Å². The molecule has 0 saturated heterocycles. The van der Waals surface area contributed by atoms with Crippen LogP contribution in [0.25, 0.3) is 0 Å². The van der Waals surface area contributed by atoms with Gasteiger partial charge in [-0.25, -0.2) is 8.42 Å². The van der Waals surface area contributed by atoms with E-state index >= 15 is 0 Å². The molecular formula is C8H5Cl3O3S. The number of halogens is 3. The van der Waals surface area contributed by atoms with Gasteiger partial charge in [-0.3, -0.25) is 4.79 Å². The summed E-state index contributed by atoms with van der Waals surface area (Å²) >= 11 is 11.4. The molecule has 0 bridgehead atoms. The van der Waals surface area contributed by atoms with Crippen molar-refractivity contribution in [3.8, 4) is 0 Å². The molecule has 0 amide bonds. The Morgan fingerprint density at radius 2 is 1.80 bits per heavy atom. The van der Waals surface area contributed by atoms with Crippen LogP contribution >= 0.6 is 33.9 Å². The summed E-state index contributed by atoms with van der Waals surface area (Å²) in [6.07, 6.45) is 0. The van der Waals surface area contributed by atoms with E-state index in [0.717, 1.165) is 6.07 Å². The Bertz CT molecular complexity index is 522. The zero-order valence-electron chi connectivity index (χ0n) is 7.42. The van der Waals surface area contributed by atoms with E-state index in [-0.39, 0.29) is 26.3 Å². The summed E-state index contributed by atoms with van der Waals surface area (Å²) in [5.74, 6) is -0.385. The minimum Gasteiger partial charge on any atom is -0.294 e. The van der Waals surface area contributed by atoms with Gasteiger partial charge in [-0.05, 0) is 19.1 Å². The minimum absolute atomic E-state index is 0.0309. The zero-order chi connectivity index (χ0) is 11.8. The van der Waals surface area contributed by atoms with E-state index in [1.807, 2.05) is 0 Å². The van der Waals surface area contributed by atoms with Crippen molar-refractivity contribution in [2.24, 2.45) is 0 Å². The first kappa shape index (κ1) is 12.8. The molecule has 7 heteroatoms. The number of ketones is 1. The molecule has 3 nitrogen and oxygen atoms in total. The van der Waals surface area contributed by atoms with E-state index < -0.39 is 9.05 Å². The summed E-state index contributed by atoms with van der Waals surface area (Å²) in [7, 11) is 1.12. The van der Waals surface area contributed by atoms with Crippen molar-refractivity contribution in [3.05, 3.63) is 27.7 Å². The fourth-order valence-electron chi connectivity index (χ4n) is 0.998. The normalized spacial score (nSPS) is 11.5. The summed E-state index contributed by atoms with van der Waals surface area (Å²) in [5, 5.41) is -0.120. The molecule has 0 fully saturated rings. The molecule has 0 heterocycles. The third kappa shape index (κ3) is 2.84. The fourth-order valence-corrected chi connectivity index (χ4v) is 2.90. The van der Waals surface area contributed by atoms with Crippen molar-refractivity contribution in [1.82, 2.24) is 0 Å². The fraction of sp³-hybridized carbons (Fsp3) is 0.125. The number of carbonyl (C=O) groups excluding carboxylic acids is 1. The summed E-state index contributed by atoms with van der Waals surface area (Å²) < 4.78 is 22.2. The topological polar surface area (TPSA) is 51.2 Å². The van der Waals surface area contributed by atoms with Gasteiger partial charge in [-0.1, -0.05) is 23.2 Å². The molecular weight excluding hydrogens is 283 g/mol. The Hall–Kier alpha value is -0.290. The third-order valence-corrected chi connectivity index (χ3v) is 3.73. The van der Waals surface area contributed by atoms with Gasteiger partial charge in [0.2, 0.25) is 0 Å². The Morgan fingerprint density at radius 1 is 1.27 bits per heavy atom. The van der Waals surface area contributed by atoms with Crippen molar-refractivity contribution in [3.63, 3.8) is 0 Å². The number of benzene rings is 1. The molecule has 0 atom stereocenters. The third-order valence-electron chi connectivity index (χ3n) is 1.65. The van der Waals surface area contributed by atoms with Gasteiger partial charge in [0, 0.05) is 21.3 Å². The molecule has 1 aromatic carbocycles. The van der Waals surface area contributed by atoms with Gasteiger partial charge in [-0.2, -0.15) is 0 Å². The molecule has 0 aromatic heterocycles. The molecule has 0 unspecified atom stereocenters. The first-order valence-corrected chi connectivity index (χ1v) is 6.74. The number of carbonyl (C=O) groups is 1. The molecule has 0 spiro atoms. The molecule has 0 aliphatic carbocycles. The second-order valence-corrected chi connectivity index (χ2v) is 6.11. The van der Waals surface area contributed by atoms with Crippen LogP contribution in [0.4, 0.5) is 0 Å². The Morgan fingerprint density at radius 3 is 2.20 bits per heavy atom. The van der Waals surface area contributed by atoms with E-state index in [0.29, 0.717) is 0 Å². The Kier molecular flexibility index (Phi) is 3.66. The first-order valence-electron chi connectivity index (χ1n) is 3.68. The molecule has 0 aliphatic rings. The molecule has 0 aliphatic heterocycles. The van der Waals surface area contributed by atoms with Gasteiger partial charge in [0.05, 0.1) is 5.02 Å². The van der Waals surface area contributed by atoms with Crippen molar-refractivity contribution < 1.29 is 13.2 Å². The van der Waals surface area contributed by atoms with Crippen molar-refractivity contribution in [2.45, 2.75) is 11.8 Å². The number of hydrogen-bond acceptors (Lipinski definition) is 3. The predicted molar refractivity (Wildman–Crippen MR) is 59.5 cm³/mol. The van der Waals surface area contributed by atoms with Crippen LogP contribution in [0.3, 0.4) is 0 Å². The van der Waals surface area contributed by atoms with E-state index in [4.69, 9.17) is 33.9 Å². The van der Waals surface area contributed by atoms with Crippen molar-refractivity contribution >= 4 is 48.7 Å². The molecule has 1 aromatic rings. The highest BCUT2D eigenvalue weighted by atomic mass is 35.7. The lowest BCUT2D eigenvalue weighted by molar-refractivity contribution is 0.101. The number of Topliss-reactive ketones (excluding diaryl/α,β-unsaturated/α-hetero) is 1. The maximum absolute atomic E-state index is 11.1. The standard InChI is InChI=1S/C8H5Cl3O3S/c1-4(12)6-2-5(9)3-7(8(6)10)15(11,13)14/h2-3H,1H3. The van der Waals surface area contributed by atoms with Crippen LogP contribution in [-0.2, 0) is 9.05 Å². The largest absolute Gasteiger partial charge is 0.294 e. The second kappa shape index (κ2) is 4.29. The van der Waals surface area contributed by atoms with Crippen LogP contribution in [-0.4, -0.2) is 14.2 Å². The SMILES string of the molecule is CC(=O)c1cc(Cl)cc(S(=O)(=O)Cl)c1Cl. The Labute approximate surface area is 101 Å². The average molecular weight is 288 g/mol. The lowest BCUT2D eigenvalue weighted by Crippen LogP contribution is -2.00. The maximum Gasteiger partial charge on any atom is 0.262 e. The molecule has 15 heavy (non-hydrogen) atoms. The highest BCUT2D eigenvalue weighted by Crippen LogP contribution is 2.31. The summed E-state index contributed by atoms with van der Waals surface area (Å²) in [6, 6.07) is 2.39. The minimum atomic E-state index is -4.01. The number of rotatable bonds is 2. The van der Waals surface area contributed by atoms with Crippen molar-refractivity contribution in [2.75, 3.05) is 0 Å². The number of hydrogen-bond donors (Lipinski definition) is 0. The highest BCUT2D eigenvalue weighted by Gasteiger charge is 2.20. The van der Waals surface area contributed by atoms with E-state index in [1.54, 1.807) is 0 Å². The first-order chi connectivity index (χ1) is 6.73. The predicted octanol–water partition coefficient (Wildman–Crippen LogP) is 3.12. The summed E-state index contributed by atoms with van der Waals surface area (Å²) in [5.41, 5.74) is 0.0309. The second-order valence-electron chi connectivity index (χ2n) is 2.76. The molecule has 0 N–H and O–H groups in total. The van der Waals surface area contributed by atoms with Crippen LogP contribution in [0, 0.1) is 0 Å². The van der Waals surface area contributed by atoms with E-state index in [1.165, 1.54) is 13.0 Å². The van der Waals surface area contributed by atoms with Gasteiger partial charge in [0.25, 0.3) is 9.05 Å². The van der Waals surface area contributed by atoms with Gasteiger partial charge in [0.15, 0.2) is 5.78 Å². The zero-order valence-corrected chi connectivity index (χ0v) is 10.5. The van der Waals surface area contributed by atoms with Crippen LogP contribution in [0.15, 0.2) is 17.0 Å². The van der Waals surface area contributed by atoms with Gasteiger partial charge >= 0.3 is 0 Å². The molecule has 0 radical (unpaired) electrons. The molecule has 82 valence electrons. The molecule has 0 saturated carbocycles. The monoisotopic (exact) mass is 286 g/mol. The van der Waals surface area contributed by atoms with Crippen LogP contribution in [0.2, 0.25) is 10.0 Å². The quantitative estimate of drug-likeness (QED) is 0.620. The van der Waals surface area contributed by atoms with Crippen LogP contribution in [0.1, 0.15) is 17.3 Å². The van der Waals surface area contributed by atoms with Crippen molar-refractivity contribution in [1.29, 1.82) is 0 Å². The van der Waals surface area contributed by atoms with Gasteiger partial charge in [-0.15, -0.1) is 0 Å². The highest BCUT2D eigenvalue weighted by molar-refractivity contribution is 8.13. The van der Waals surface area contributed by atoms with Crippen LogP contribution < -0.4 is 0 Å². The lowest BCUT2D eigenvalue weighted by Gasteiger charge is -2.05. The molecule has 1 rings (SSSR count). The van der Waals surface area contributed by atoms with Crippen LogP contribution in [0.5, 0.6) is 0 Å². The smallest absolute Gasteiger partial charge is 0.262 e. The average Bonchev–Trinajstić information content (AvgIpc) is 2.06. The Balaban J connectivity index is 3.63. The summed E-state index contributed by atoms with van der Waals surface area (Å²) in [6.45, 7) is 1.25. The lowest BCUT2D eigenvalue weighted by atomic mass is 10.1. The summed E-state index contributed by atoms with van der Waals surface area (Å²) in [4.78, 5) is 10.8. The maximum atomic E-state index is 11.1. The van der Waals surface area contributed by atoms with Gasteiger partial charge in [0.1, 0.15) is 4.90 Å². The van der Waals surface area contributed by atoms with Gasteiger partial charge < -0.3 is 0 Å². The van der Waals surface area contributed by atoms with E-state index in [9.17, 15) is 13.2 Å².